The van der Waals surface area contributed by atoms with Crippen molar-refractivity contribution in [1.29, 1.82) is 0 Å². The van der Waals surface area contributed by atoms with E-state index in [0.717, 1.165) is 30.4 Å². The molecule has 9 nitrogen and oxygen atoms in total. The van der Waals surface area contributed by atoms with Crippen LogP contribution in [0.15, 0.2) is 24.3 Å². The van der Waals surface area contributed by atoms with Gasteiger partial charge in [0.1, 0.15) is 24.4 Å². The van der Waals surface area contributed by atoms with Crippen LogP contribution in [0.25, 0.3) is 11.4 Å². The van der Waals surface area contributed by atoms with Gasteiger partial charge in [-0.15, -0.1) is 5.10 Å². The summed E-state index contributed by atoms with van der Waals surface area (Å²) in [6.07, 6.45) is -1.79. The molecule has 1 aromatic carbocycles. The summed E-state index contributed by atoms with van der Waals surface area (Å²) < 4.78 is 9.64. The summed E-state index contributed by atoms with van der Waals surface area (Å²) >= 11 is 5.74. The Hall–Kier alpha value is -2.11. The Balaban J connectivity index is 2.09. The van der Waals surface area contributed by atoms with Crippen LogP contribution in [0, 0.1) is 11.7 Å². The second-order valence-corrected chi connectivity index (χ2v) is 8.60. The van der Waals surface area contributed by atoms with Gasteiger partial charge in [-0.1, -0.05) is 49.6 Å². The van der Waals surface area contributed by atoms with E-state index < -0.39 is 43.1 Å². The van der Waals surface area contributed by atoms with Crippen LogP contribution in [-0.4, -0.2) is 66.5 Å². The number of aromatic nitrogens is 3. The molecular weight excluding hydrogens is 432 g/mol. The number of rotatable bonds is 8. The Morgan fingerprint density at radius 3 is 2.50 bits per heavy atom. The highest BCUT2D eigenvalue weighted by molar-refractivity contribution is 7.71. The molecule has 2 heterocycles. The molecule has 1 saturated heterocycles. The molecule has 1 aromatic heterocycles. The molecule has 32 heavy (non-hydrogen) atoms. The highest BCUT2D eigenvalue weighted by Crippen LogP contribution is 2.30. The highest BCUT2D eigenvalue weighted by atomic mass is 32.1. The van der Waals surface area contributed by atoms with E-state index in [0.29, 0.717) is 17.1 Å². The van der Waals surface area contributed by atoms with Gasteiger partial charge >= 0.3 is 0 Å². The van der Waals surface area contributed by atoms with Crippen molar-refractivity contribution in [1.82, 2.24) is 19.7 Å². The van der Waals surface area contributed by atoms with Crippen molar-refractivity contribution in [3.63, 3.8) is 0 Å². The third-order valence-electron chi connectivity index (χ3n) is 5.69. The molecule has 3 rings (SSSR count). The Morgan fingerprint density at radius 2 is 1.91 bits per heavy atom. The minimum Gasteiger partial charge on any atom is -0.394 e. The number of aliphatic hydroxyl groups excluding tert-OH is 3. The first kappa shape index (κ1) is 24.5. The van der Waals surface area contributed by atoms with E-state index in [4.69, 9.17) is 22.1 Å². The van der Waals surface area contributed by atoms with E-state index >= 15 is 0 Å². The highest BCUT2D eigenvalue weighted by Gasteiger charge is 2.46. The lowest BCUT2D eigenvalue weighted by Crippen LogP contribution is -2.62. The number of benzene rings is 1. The summed E-state index contributed by atoms with van der Waals surface area (Å²) in [7, 11) is 0. The number of hydrogen-bond acceptors (Lipinski definition) is 7. The number of carbonyl (C=O) groups excluding carboxylic acids is 1. The normalized spacial score (nSPS) is 25.6. The van der Waals surface area contributed by atoms with Crippen molar-refractivity contribution in [3.8, 4) is 11.4 Å². The van der Waals surface area contributed by atoms with Gasteiger partial charge in [0.15, 0.2) is 12.1 Å². The number of aryl methyl sites for hydroxylation is 1. The minimum atomic E-state index is -1.37. The SMILES string of the molecule is CCCCCn1c(-c2ccc(C)cc2)nn([C@@H]2O[C@H](CO)[C@H](O)[C@@H](O)[C@@H]2NC(C)=O)c1=S. The average molecular weight is 465 g/mol. The first-order valence-corrected chi connectivity index (χ1v) is 11.3. The molecule has 1 amide bonds. The summed E-state index contributed by atoms with van der Waals surface area (Å²) in [5.74, 6) is 0.252. The van der Waals surface area contributed by atoms with Crippen molar-refractivity contribution in [2.24, 2.45) is 0 Å². The summed E-state index contributed by atoms with van der Waals surface area (Å²) in [6, 6.07) is 6.92. The first-order chi connectivity index (χ1) is 15.3. The predicted octanol–water partition coefficient (Wildman–Crippen LogP) is 1.70. The summed E-state index contributed by atoms with van der Waals surface area (Å²) in [4.78, 5) is 11.8. The van der Waals surface area contributed by atoms with E-state index in [2.05, 4.69) is 12.2 Å². The lowest BCUT2D eigenvalue weighted by molar-refractivity contribution is -0.219. The number of nitrogens with one attached hydrogen (secondary N) is 1. The maximum atomic E-state index is 11.8. The van der Waals surface area contributed by atoms with E-state index in [9.17, 15) is 20.1 Å². The Labute approximate surface area is 192 Å². The minimum absolute atomic E-state index is 0.373. The third kappa shape index (κ3) is 5.10. The smallest absolute Gasteiger partial charge is 0.217 e. The molecule has 10 heteroatoms. The lowest BCUT2D eigenvalue weighted by Gasteiger charge is -2.42. The van der Waals surface area contributed by atoms with E-state index in [1.165, 1.54) is 11.6 Å². The number of aliphatic hydroxyl groups is 3. The fourth-order valence-corrected chi connectivity index (χ4v) is 4.24. The van der Waals surface area contributed by atoms with Gasteiger partial charge in [0, 0.05) is 19.0 Å². The molecule has 5 atom stereocenters. The van der Waals surface area contributed by atoms with Crippen molar-refractivity contribution in [2.45, 2.75) is 77.2 Å². The maximum absolute atomic E-state index is 11.8. The van der Waals surface area contributed by atoms with Gasteiger partial charge in [0.25, 0.3) is 0 Å². The number of hydrogen-bond donors (Lipinski definition) is 4. The quantitative estimate of drug-likeness (QED) is 0.346. The van der Waals surface area contributed by atoms with Crippen molar-refractivity contribution in [3.05, 3.63) is 34.6 Å². The van der Waals surface area contributed by atoms with Crippen LogP contribution < -0.4 is 5.32 Å². The van der Waals surface area contributed by atoms with Gasteiger partial charge in [-0.25, -0.2) is 4.68 Å². The van der Waals surface area contributed by atoms with Gasteiger partial charge in [0.05, 0.1) is 6.61 Å². The molecule has 0 bridgehead atoms. The molecule has 2 aromatic rings. The predicted molar refractivity (Wildman–Crippen MR) is 121 cm³/mol. The summed E-state index contributed by atoms with van der Waals surface area (Å²) in [5, 5.41) is 38.0. The summed E-state index contributed by atoms with van der Waals surface area (Å²) in [5.41, 5.74) is 2.00. The zero-order valence-corrected chi connectivity index (χ0v) is 19.5. The molecule has 0 unspecified atom stereocenters. The van der Waals surface area contributed by atoms with Crippen LogP contribution in [0.3, 0.4) is 0 Å². The molecule has 1 fully saturated rings. The van der Waals surface area contributed by atoms with Gasteiger partial charge < -0.3 is 25.4 Å². The molecule has 176 valence electrons. The fraction of sp³-hybridized carbons (Fsp3) is 0.591. The number of amides is 1. The molecule has 4 N–H and O–H groups in total. The number of nitrogens with zero attached hydrogens (tertiary/aromatic N) is 3. The fourth-order valence-electron chi connectivity index (χ4n) is 3.91. The average Bonchev–Trinajstić information content (AvgIpc) is 3.08. The summed E-state index contributed by atoms with van der Waals surface area (Å²) in [6.45, 7) is 5.60. The zero-order valence-electron chi connectivity index (χ0n) is 18.6. The van der Waals surface area contributed by atoms with Crippen molar-refractivity contribution < 1.29 is 24.9 Å². The topological polar surface area (TPSA) is 122 Å². The van der Waals surface area contributed by atoms with E-state index in [1.807, 2.05) is 35.8 Å². The second kappa shape index (κ2) is 10.7. The van der Waals surface area contributed by atoms with Gasteiger partial charge in [0.2, 0.25) is 10.7 Å². The first-order valence-electron chi connectivity index (χ1n) is 10.9. The molecule has 1 aliphatic rings. The maximum Gasteiger partial charge on any atom is 0.217 e. The van der Waals surface area contributed by atoms with Crippen LogP contribution in [0.5, 0.6) is 0 Å². The van der Waals surface area contributed by atoms with Crippen molar-refractivity contribution in [2.75, 3.05) is 6.61 Å². The molecule has 0 radical (unpaired) electrons. The monoisotopic (exact) mass is 464 g/mol. The Bertz CT molecular complexity index is 974. The second-order valence-electron chi connectivity index (χ2n) is 8.23. The van der Waals surface area contributed by atoms with Crippen LogP contribution in [0.2, 0.25) is 0 Å². The Kier molecular flexibility index (Phi) is 8.18. The van der Waals surface area contributed by atoms with Crippen LogP contribution in [0.1, 0.15) is 44.9 Å². The van der Waals surface area contributed by atoms with E-state index in [1.54, 1.807) is 0 Å². The van der Waals surface area contributed by atoms with Crippen LogP contribution in [-0.2, 0) is 16.1 Å². The van der Waals surface area contributed by atoms with Crippen LogP contribution in [0.4, 0.5) is 0 Å². The van der Waals surface area contributed by atoms with Crippen LogP contribution >= 0.6 is 12.2 Å². The molecular formula is C22H32N4O5S. The standard InChI is InChI=1S/C22H32N4O5S/c1-4-5-6-11-25-20(15-9-7-13(2)8-10-15)24-26(22(25)32)21-17(23-14(3)28)19(30)18(29)16(12-27)31-21/h7-10,16-19,21,27,29-30H,4-6,11-12H2,1-3H3,(H,23,28)/t16-,17+,18+,19+,21-/m1/s1. The van der Waals surface area contributed by atoms with Crippen molar-refractivity contribution >= 4 is 18.1 Å². The molecule has 1 aliphatic heterocycles. The van der Waals surface area contributed by atoms with Gasteiger partial charge in [-0.3, -0.25) is 9.36 Å². The number of unbranched alkanes of at least 4 members (excludes halogenated alkanes) is 2. The third-order valence-corrected chi connectivity index (χ3v) is 6.10. The molecule has 0 spiro atoms. The number of ether oxygens (including phenoxy) is 1. The van der Waals surface area contributed by atoms with Gasteiger partial charge in [-0.05, 0) is 25.6 Å². The molecule has 0 aliphatic carbocycles. The van der Waals surface area contributed by atoms with E-state index in [-0.39, 0.29) is 0 Å². The lowest BCUT2D eigenvalue weighted by atomic mass is 9.96. The van der Waals surface area contributed by atoms with Gasteiger partial charge in [-0.2, -0.15) is 0 Å². The largest absolute Gasteiger partial charge is 0.394 e. The Morgan fingerprint density at radius 1 is 1.22 bits per heavy atom. The zero-order chi connectivity index (χ0) is 23.4. The number of carbonyl (C=O) groups is 1. The molecule has 0 saturated carbocycles.